The van der Waals surface area contributed by atoms with Gasteiger partial charge in [0.05, 0.1) is 17.6 Å². The third-order valence-electron chi connectivity index (χ3n) is 4.22. The van der Waals surface area contributed by atoms with E-state index in [0.717, 1.165) is 17.5 Å². The Hall–Kier alpha value is -0.950. The number of nitrogens with one attached hydrogen (secondary N) is 1. The maximum absolute atomic E-state index is 12.5. The van der Waals surface area contributed by atoms with Crippen LogP contribution in [-0.2, 0) is 21.4 Å². The molecule has 2 unspecified atom stereocenters. The van der Waals surface area contributed by atoms with Crippen molar-refractivity contribution in [2.24, 2.45) is 5.92 Å². The largest absolute Gasteiger partial charge is 0.392 e. The number of aliphatic hydroxyl groups excluding tert-OH is 1. The number of sulfonamides is 1. The number of hydrogen-bond acceptors (Lipinski definition) is 4. The number of aliphatic hydroxyl groups is 1. The molecule has 1 heterocycles. The number of rotatable bonds is 5. The number of hydrogen-bond donors (Lipinski definition) is 2. The third kappa shape index (κ3) is 3.63. The molecule has 0 aliphatic carbocycles. The molecule has 1 saturated heterocycles. The fourth-order valence-corrected chi connectivity index (χ4v) is 4.07. The van der Waals surface area contributed by atoms with E-state index in [1.165, 1.54) is 0 Å². The van der Waals surface area contributed by atoms with Crippen molar-refractivity contribution >= 4 is 10.0 Å². The predicted octanol–water partition coefficient (Wildman–Crippen LogP) is 1.50. The van der Waals surface area contributed by atoms with Crippen LogP contribution in [-0.4, -0.2) is 32.8 Å². The molecule has 2 rings (SSSR count). The quantitative estimate of drug-likeness (QED) is 0.864. The molecular formula is C15H23NO4S. The van der Waals surface area contributed by atoms with Crippen LogP contribution in [0.15, 0.2) is 17.0 Å². The summed E-state index contributed by atoms with van der Waals surface area (Å²) in [6.45, 7) is 6.49. The maximum Gasteiger partial charge on any atom is 0.240 e. The molecule has 1 aromatic carbocycles. The van der Waals surface area contributed by atoms with Crippen LogP contribution in [0.25, 0.3) is 0 Å². The molecular weight excluding hydrogens is 290 g/mol. The first-order valence-electron chi connectivity index (χ1n) is 7.17. The molecule has 2 N–H and O–H groups in total. The monoisotopic (exact) mass is 313 g/mol. The van der Waals surface area contributed by atoms with Gasteiger partial charge in [0.2, 0.25) is 10.0 Å². The molecule has 0 aromatic heterocycles. The van der Waals surface area contributed by atoms with E-state index in [9.17, 15) is 13.5 Å². The van der Waals surface area contributed by atoms with Crippen LogP contribution in [0, 0.1) is 19.8 Å². The van der Waals surface area contributed by atoms with Gasteiger partial charge in [-0.3, -0.25) is 0 Å². The van der Waals surface area contributed by atoms with Crippen molar-refractivity contribution in [1.82, 2.24) is 4.72 Å². The fourth-order valence-electron chi connectivity index (χ4n) is 2.61. The Morgan fingerprint density at radius 3 is 2.67 bits per heavy atom. The number of benzene rings is 1. The van der Waals surface area contributed by atoms with Gasteiger partial charge >= 0.3 is 0 Å². The van der Waals surface area contributed by atoms with E-state index < -0.39 is 10.0 Å². The summed E-state index contributed by atoms with van der Waals surface area (Å²) in [4.78, 5) is 0.248. The minimum absolute atomic E-state index is 0.0827. The van der Waals surface area contributed by atoms with E-state index in [-0.39, 0.29) is 23.5 Å². The molecule has 0 bridgehead atoms. The summed E-state index contributed by atoms with van der Waals surface area (Å²) in [5.74, 6) is 0.210. The minimum atomic E-state index is -3.57. The Kier molecular flexibility index (Phi) is 5.03. The van der Waals surface area contributed by atoms with Gasteiger partial charge in [-0.2, -0.15) is 0 Å². The second kappa shape index (κ2) is 6.44. The number of aryl methyl sites for hydroxylation is 1. The van der Waals surface area contributed by atoms with Gasteiger partial charge in [0.25, 0.3) is 0 Å². The summed E-state index contributed by atoms with van der Waals surface area (Å²) >= 11 is 0. The molecule has 1 aliphatic rings. The molecule has 6 heteroatoms. The summed E-state index contributed by atoms with van der Waals surface area (Å²) in [7, 11) is -3.57. The fraction of sp³-hybridized carbons (Fsp3) is 0.600. The highest BCUT2D eigenvalue weighted by Gasteiger charge is 2.27. The molecule has 0 saturated carbocycles. The van der Waals surface area contributed by atoms with Crippen LogP contribution >= 0.6 is 0 Å². The van der Waals surface area contributed by atoms with Gasteiger partial charge in [-0.15, -0.1) is 0 Å². The van der Waals surface area contributed by atoms with Gasteiger partial charge in [-0.25, -0.2) is 13.1 Å². The van der Waals surface area contributed by atoms with Crippen molar-refractivity contribution in [3.05, 3.63) is 28.8 Å². The summed E-state index contributed by atoms with van der Waals surface area (Å²) in [5.41, 5.74) is 2.19. The maximum atomic E-state index is 12.5. The second-order valence-electron chi connectivity index (χ2n) is 5.67. The molecule has 1 aromatic rings. The standard InChI is InChI=1S/C15H23NO4S/c1-10-6-13(9-17)7-15(11(10)2)21(18,19)16-8-14-4-5-20-12(14)3/h6-7,12,14,16-17H,4-5,8-9H2,1-3H3. The smallest absolute Gasteiger partial charge is 0.240 e. The van der Waals surface area contributed by atoms with Crippen LogP contribution < -0.4 is 4.72 Å². The third-order valence-corrected chi connectivity index (χ3v) is 5.77. The first-order chi connectivity index (χ1) is 9.85. The molecule has 1 aliphatic heterocycles. The Balaban J connectivity index is 2.21. The Labute approximate surface area is 126 Å². The van der Waals surface area contributed by atoms with Crippen molar-refractivity contribution in [1.29, 1.82) is 0 Å². The lowest BCUT2D eigenvalue weighted by Gasteiger charge is -2.17. The SMILES string of the molecule is Cc1cc(CO)cc(S(=O)(=O)NCC2CCOC2C)c1C. The average Bonchev–Trinajstić information content (AvgIpc) is 2.84. The lowest BCUT2D eigenvalue weighted by molar-refractivity contribution is 0.107. The summed E-state index contributed by atoms with van der Waals surface area (Å²) in [6, 6.07) is 3.35. The van der Waals surface area contributed by atoms with E-state index in [4.69, 9.17) is 4.74 Å². The first kappa shape index (κ1) is 16.4. The van der Waals surface area contributed by atoms with Gasteiger partial charge in [-0.1, -0.05) is 6.07 Å². The van der Waals surface area contributed by atoms with E-state index in [2.05, 4.69) is 4.72 Å². The van der Waals surface area contributed by atoms with E-state index in [1.807, 2.05) is 13.8 Å². The zero-order valence-corrected chi connectivity index (χ0v) is 13.5. The highest BCUT2D eigenvalue weighted by atomic mass is 32.2. The average molecular weight is 313 g/mol. The van der Waals surface area contributed by atoms with Crippen LogP contribution in [0.4, 0.5) is 0 Å². The molecule has 0 spiro atoms. The van der Waals surface area contributed by atoms with Gasteiger partial charge in [-0.05, 0) is 49.9 Å². The normalized spacial score (nSPS) is 22.7. The zero-order chi connectivity index (χ0) is 15.6. The van der Waals surface area contributed by atoms with E-state index in [0.29, 0.717) is 18.7 Å². The highest BCUT2D eigenvalue weighted by Crippen LogP contribution is 2.23. The van der Waals surface area contributed by atoms with Crippen molar-refractivity contribution in [3.63, 3.8) is 0 Å². The lowest BCUT2D eigenvalue weighted by Crippen LogP contribution is -2.32. The molecule has 1 fully saturated rings. The Morgan fingerprint density at radius 1 is 1.38 bits per heavy atom. The van der Waals surface area contributed by atoms with E-state index >= 15 is 0 Å². The van der Waals surface area contributed by atoms with Crippen molar-refractivity contribution in [2.75, 3.05) is 13.2 Å². The van der Waals surface area contributed by atoms with E-state index in [1.54, 1.807) is 19.1 Å². The van der Waals surface area contributed by atoms with Crippen LogP contribution in [0.5, 0.6) is 0 Å². The zero-order valence-electron chi connectivity index (χ0n) is 12.7. The molecule has 5 nitrogen and oxygen atoms in total. The highest BCUT2D eigenvalue weighted by molar-refractivity contribution is 7.89. The molecule has 2 atom stereocenters. The van der Waals surface area contributed by atoms with Gasteiger partial charge in [0.15, 0.2) is 0 Å². The van der Waals surface area contributed by atoms with Gasteiger partial charge in [0.1, 0.15) is 0 Å². The minimum Gasteiger partial charge on any atom is -0.392 e. The van der Waals surface area contributed by atoms with Gasteiger partial charge < -0.3 is 9.84 Å². The topological polar surface area (TPSA) is 75.6 Å². The second-order valence-corrected chi connectivity index (χ2v) is 7.41. The van der Waals surface area contributed by atoms with Crippen LogP contribution in [0.1, 0.15) is 30.0 Å². The van der Waals surface area contributed by atoms with Crippen molar-refractivity contribution in [2.45, 2.75) is 44.8 Å². The molecule has 21 heavy (non-hydrogen) atoms. The lowest BCUT2D eigenvalue weighted by atomic mass is 10.0. The summed E-state index contributed by atoms with van der Waals surface area (Å²) in [6.07, 6.45) is 0.956. The van der Waals surface area contributed by atoms with Gasteiger partial charge in [0, 0.05) is 19.1 Å². The van der Waals surface area contributed by atoms with Crippen molar-refractivity contribution in [3.8, 4) is 0 Å². The Morgan fingerprint density at radius 2 is 2.10 bits per heavy atom. The predicted molar refractivity (Wildman–Crippen MR) is 80.5 cm³/mol. The summed E-state index contributed by atoms with van der Waals surface area (Å²) < 4.78 is 33.1. The molecule has 0 amide bonds. The Bertz CT molecular complexity index is 612. The van der Waals surface area contributed by atoms with Crippen molar-refractivity contribution < 1.29 is 18.3 Å². The molecule has 0 radical (unpaired) electrons. The van der Waals surface area contributed by atoms with Crippen LogP contribution in [0.2, 0.25) is 0 Å². The first-order valence-corrected chi connectivity index (χ1v) is 8.65. The number of ether oxygens (including phenoxy) is 1. The summed E-state index contributed by atoms with van der Waals surface area (Å²) in [5, 5.41) is 9.25. The van der Waals surface area contributed by atoms with Crippen LogP contribution in [0.3, 0.4) is 0 Å². The molecule has 118 valence electrons.